The van der Waals surface area contributed by atoms with E-state index in [1.165, 1.54) is 23.5 Å². The normalized spacial score (nSPS) is 12.7. The Morgan fingerprint density at radius 1 is 1.31 bits per heavy atom. The lowest BCUT2D eigenvalue weighted by atomic mass is 10.1. The minimum atomic E-state index is -0.526. The first-order valence-electron chi connectivity index (χ1n) is 4.81. The molecular formula is C12H10BrFOS. The van der Waals surface area contributed by atoms with Crippen LogP contribution < -0.4 is 0 Å². The molecule has 1 N–H and O–H groups in total. The van der Waals surface area contributed by atoms with Crippen LogP contribution >= 0.6 is 27.3 Å². The Bertz CT molecular complexity index is 466. The van der Waals surface area contributed by atoms with E-state index in [-0.39, 0.29) is 5.82 Å². The molecule has 0 saturated heterocycles. The van der Waals surface area contributed by atoms with Gasteiger partial charge < -0.3 is 5.11 Å². The van der Waals surface area contributed by atoms with E-state index in [1.54, 1.807) is 12.1 Å². The molecule has 1 unspecified atom stereocenters. The van der Waals surface area contributed by atoms with Crippen molar-refractivity contribution in [3.8, 4) is 0 Å². The molecule has 1 heterocycles. The van der Waals surface area contributed by atoms with Gasteiger partial charge in [-0.25, -0.2) is 4.39 Å². The van der Waals surface area contributed by atoms with Gasteiger partial charge in [0.15, 0.2) is 0 Å². The number of halogens is 2. The summed E-state index contributed by atoms with van der Waals surface area (Å²) in [5, 5.41) is 11.9. The van der Waals surface area contributed by atoms with Gasteiger partial charge in [-0.05, 0) is 39.7 Å². The minimum Gasteiger partial charge on any atom is -0.387 e. The first kappa shape index (κ1) is 11.8. The predicted octanol–water partition coefficient (Wildman–Crippen LogP) is 3.93. The lowest BCUT2D eigenvalue weighted by Crippen LogP contribution is -1.99. The van der Waals surface area contributed by atoms with Crippen molar-refractivity contribution in [2.45, 2.75) is 12.5 Å². The van der Waals surface area contributed by atoms with Crippen LogP contribution in [0.15, 0.2) is 40.2 Å². The summed E-state index contributed by atoms with van der Waals surface area (Å²) in [7, 11) is 0. The number of hydrogen-bond donors (Lipinski definition) is 1. The molecule has 16 heavy (non-hydrogen) atoms. The van der Waals surface area contributed by atoms with Gasteiger partial charge in [-0.15, -0.1) is 11.3 Å². The quantitative estimate of drug-likeness (QED) is 0.911. The van der Waals surface area contributed by atoms with Gasteiger partial charge in [0.2, 0.25) is 0 Å². The zero-order valence-electron chi connectivity index (χ0n) is 8.36. The summed E-state index contributed by atoms with van der Waals surface area (Å²) < 4.78 is 13.7. The zero-order valence-corrected chi connectivity index (χ0v) is 10.8. The summed E-state index contributed by atoms with van der Waals surface area (Å²) in [6.07, 6.45) is -0.0190. The zero-order chi connectivity index (χ0) is 11.5. The molecule has 1 nitrogen and oxygen atoms in total. The monoisotopic (exact) mass is 300 g/mol. The van der Waals surface area contributed by atoms with E-state index < -0.39 is 6.10 Å². The standard InChI is InChI=1S/C12H10BrFOS/c13-9-6-12(16-7-9)11(15)5-8-1-3-10(14)4-2-8/h1-4,6-7,11,15H,5H2. The van der Waals surface area contributed by atoms with Gasteiger partial charge in [-0.3, -0.25) is 0 Å². The Morgan fingerprint density at radius 3 is 2.56 bits per heavy atom. The third kappa shape index (κ3) is 2.90. The van der Waals surface area contributed by atoms with Crippen molar-refractivity contribution in [1.82, 2.24) is 0 Å². The molecule has 0 saturated carbocycles. The fourth-order valence-corrected chi connectivity index (χ4v) is 2.88. The Balaban J connectivity index is 2.07. The van der Waals surface area contributed by atoms with Gasteiger partial charge >= 0.3 is 0 Å². The first-order valence-corrected chi connectivity index (χ1v) is 6.49. The topological polar surface area (TPSA) is 20.2 Å². The summed E-state index contributed by atoms with van der Waals surface area (Å²) in [5.74, 6) is -0.253. The molecule has 1 aromatic carbocycles. The van der Waals surface area contributed by atoms with Crippen LogP contribution in [0.3, 0.4) is 0 Å². The van der Waals surface area contributed by atoms with E-state index in [1.807, 2.05) is 11.4 Å². The molecule has 0 aliphatic carbocycles. The molecule has 0 amide bonds. The molecule has 0 aliphatic heterocycles. The number of aliphatic hydroxyl groups is 1. The van der Waals surface area contributed by atoms with E-state index in [9.17, 15) is 9.50 Å². The summed E-state index contributed by atoms with van der Waals surface area (Å²) >= 11 is 4.85. The first-order chi connectivity index (χ1) is 7.65. The van der Waals surface area contributed by atoms with Crippen LogP contribution in [0, 0.1) is 5.82 Å². The maximum atomic E-state index is 12.7. The molecule has 0 fully saturated rings. The lowest BCUT2D eigenvalue weighted by molar-refractivity contribution is 0.182. The van der Waals surface area contributed by atoms with Crippen LogP contribution in [0.2, 0.25) is 0 Å². The summed E-state index contributed by atoms with van der Waals surface area (Å²) in [5.41, 5.74) is 0.929. The van der Waals surface area contributed by atoms with Crippen molar-refractivity contribution >= 4 is 27.3 Å². The van der Waals surface area contributed by atoms with E-state index >= 15 is 0 Å². The summed E-state index contributed by atoms with van der Waals surface area (Å²) in [6.45, 7) is 0. The highest BCUT2D eigenvalue weighted by molar-refractivity contribution is 9.10. The van der Waals surface area contributed by atoms with Crippen molar-refractivity contribution < 1.29 is 9.50 Å². The third-order valence-corrected chi connectivity index (χ3v) is 4.05. The second kappa shape index (κ2) is 5.08. The van der Waals surface area contributed by atoms with Crippen molar-refractivity contribution in [3.63, 3.8) is 0 Å². The molecule has 2 rings (SSSR count). The SMILES string of the molecule is OC(Cc1ccc(F)cc1)c1cc(Br)cs1. The Kier molecular flexibility index (Phi) is 3.74. The predicted molar refractivity (Wildman–Crippen MR) is 67.1 cm³/mol. The molecule has 0 aliphatic rings. The summed E-state index contributed by atoms with van der Waals surface area (Å²) in [4.78, 5) is 0.913. The van der Waals surface area contributed by atoms with Crippen LogP contribution in [-0.4, -0.2) is 5.11 Å². The second-order valence-electron chi connectivity index (χ2n) is 3.51. The van der Waals surface area contributed by atoms with Gasteiger partial charge in [-0.1, -0.05) is 12.1 Å². The average molecular weight is 301 g/mol. The molecule has 0 radical (unpaired) electrons. The Morgan fingerprint density at radius 2 is 2.00 bits per heavy atom. The number of hydrogen-bond acceptors (Lipinski definition) is 2. The summed E-state index contributed by atoms with van der Waals surface area (Å²) in [6, 6.07) is 8.11. The molecule has 0 spiro atoms. The highest BCUT2D eigenvalue weighted by Gasteiger charge is 2.10. The van der Waals surface area contributed by atoms with Crippen molar-refractivity contribution in [1.29, 1.82) is 0 Å². The highest BCUT2D eigenvalue weighted by Crippen LogP contribution is 2.27. The molecule has 1 aromatic heterocycles. The van der Waals surface area contributed by atoms with Crippen LogP contribution in [-0.2, 0) is 6.42 Å². The van der Waals surface area contributed by atoms with Gasteiger partial charge in [0, 0.05) is 21.2 Å². The number of rotatable bonds is 3. The van der Waals surface area contributed by atoms with Crippen LogP contribution in [0.25, 0.3) is 0 Å². The molecule has 1 atom stereocenters. The van der Waals surface area contributed by atoms with Gasteiger partial charge in [0.25, 0.3) is 0 Å². The largest absolute Gasteiger partial charge is 0.387 e. The molecule has 84 valence electrons. The second-order valence-corrected chi connectivity index (χ2v) is 5.37. The van der Waals surface area contributed by atoms with E-state index in [0.29, 0.717) is 6.42 Å². The smallest absolute Gasteiger partial charge is 0.123 e. The van der Waals surface area contributed by atoms with Gasteiger partial charge in [0.05, 0.1) is 6.10 Å². The van der Waals surface area contributed by atoms with Gasteiger partial charge in [-0.2, -0.15) is 0 Å². The maximum Gasteiger partial charge on any atom is 0.123 e. The van der Waals surface area contributed by atoms with Crippen molar-refractivity contribution in [2.75, 3.05) is 0 Å². The molecule has 0 bridgehead atoms. The van der Waals surface area contributed by atoms with Crippen molar-refractivity contribution in [3.05, 3.63) is 56.4 Å². The van der Waals surface area contributed by atoms with Crippen LogP contribution in [0.4, 0.5) is 4.39 Å². The van der Waals surface area contributed by atoms with Gasteiger partial charge in [0.1, 0.15) is 5.82 Å². The average Bonchev–Trinajstić information content (AvgIpc) is 2.68. The Labute approximate surface area is 106 Å². The molecular weight excluding hydrogens is 291 g/mol. The third-order valence-electron chi connectivity index (χ3n) is 2.26. The number of benzene rings is 1. The lowest BCUT2D eigenvalue weighted by Gasteiger charge is -2.08. The number of thiophene rings is 1. The van der Waals surface area contributed by atoms with E-state index in [0.717, 1.165) is 14.9 Å². The molecule has 2 aromatic rings. The molecule has 4 heteroatoms. The number of aliphatic hydroxyl groups excluding tert-OH is 1. The minimum absolute atomic E-state index is 0.253. The highest BCUT2D eigenvalue weighted by atomic mass is 79.9. The fourth-order valence-electron chi connectivity index (χ4n) is 1.45. The van der Waals surface area contributed by atoms with Crippen LogP contribution in [0.5, 0.6) is 0 Å². The van der Waals surface area contributed by atoms with E-state index in [2.05, 4.69) is 15.9 Å². The van der Waals surface area contributed by atoms with Crippen molar-refractivity contribution in [2.24, 2.45) is 0 Å². The van der Waals surface area contributed by atoms with Crippen LogP contribution in [0.1, 0.15) is 16.5 Å². The fraction of sp³-hybridized carbons (Fsp3) is 0.167. The maximum absolute atomic E-state index is 12.7. The Hall–Kier alpha value is -0.710. The van der Waals surface area contributed by atoms with E-state index in [4.69, 9.17) is 0 Å².